The fourth-order valence-electron chi connectivity index (χ4n) is 1.39. The van der Waals surface area contributed by atoms with Gasteiger partial charge in [0.05, 0.1) is 0 Å². The summed E-state index contributed by atoms with van der Waals surface area (Å²) in [5.74, 6) is 0.324. The Morgan fingerprint density at radius 1 is 1.27 bits per heavy atom. The summed E-state index contributed by atoms with van der Waals surface area (Å²) < 4.78 is 13.0. The third-order valence-electron chi connectivity index (χ3n) is 2.23. The maximum absolute atomic E-state index is 13.0. The van der Waals surface area contributed by atoms with Gasteiger partial charge in [0.25, 0.3) is 0 Å². The first kappa shape index (κ1) is 6.84. The summed E-state index contributed by atoms with van der Waals surface area (Å²) >= 11 is 0. The molecule has 0 N–H and O–H groups in total. The molecular formula is C10H10F. The van der Waals surface area contributed by atoms with Crippen molar-refractivity contribution in [2.75, 3.05) is 0 Å². The normalized spacial score (nSPS) is 17.9. The molecule has 1 atom stereocenters. The number of hydrogen-bond acceptors (Lipinski definition) is 0. The Balaban J connectivity index is 2.28. The molecule has 2 rings (SSSR count). The third-order valence-corrected chi connectivity index (χ3v) is 2.23. The lowest BCUT2D eigenvalue weighted by Gasteiger charge is -2.25. The van der Waals surface area contributed by atoms with Crippen LogP contribution in [-0.4, -0.2) is 0 Å². The molecule has 0 saturated heterocycles. The van der Waals surface area contributed by atoms with Crippen molar-refractivity contribution in [2.24, 2.45) is 0 Å². The SMILES string of the molecule is Fc1ccccc1C1[CH]CC1. The molecule has 0 bridgehead atoms. The fraction of sp³-hybridized carbons (Fsp3) is 0.300. The maximum atomic E-state index is 13.0. The van der Waals surface area contributed by atoms with Gasteiger partial charge in [0, 0.05) is 0 Å². The molecule has 0 heterocycles. The quantitative estimate of drug-likeness (QED) is 0.576. The lowest BCUT2D eigenvalue weighted by atomic mass is 9.80. The average Bonchev–Trinajstić information content (AvgIpc) is 1.90. The lowest BCUT2D eigenvalue weighted by Crippen LogP contribution is -2.11. The highest BCUT2D eigenvalue weighted by Gasteiger charge is 2.21. The average molecular weight is 149 g/mol. The molecule has 1 unspecified atom stereocenters. The topological polar surface area (TPSA) is 0 Å². The van der Waals surface area contributed by atoms with Crippen molar-refractivity contribution in [1.82, 2.24) is 0 Å². The van der Waals surface area contributed by atoms with Crippen molar-refractivity contribution in [3.8, 4) is 0 Å². The first-order valence-corrected chi connectivity index (χ1v) is 3.95. The van der Waals surface area contributed by atoms with Gasteiger partial charge in [-0.1, -0.05) is 18.2 Å². The summed E-state index contributed by atoms with van der Waals surface area (Å²) in [6.45, 7) is 0. The highest BCUT2D eigenvalue weighted by Crippen LogP contribution is 2.36. The molecule has 1 radical (unpaired) electrons. The van der Waals surface area contributed by atoms with Crippen molar-refractivity contribution >= 4 is 0 Å². The van der Waals surface area contributed by atoms with Crippen LogP contribution in [0, 0.1) is 12.2 Å². The number of halogens is 1. The summed E-state index contributed by atoms with van der Waals surface area (Å²) in [6.07, 6.45) is 4.42. The maximum Gasteiger partial charge on any atom is 0.126 e. The summed E-state index contributed by atoms with van der Waals surface area (Å²) in [4.78, 5) is 0. The van der Waals surface area contributed by atoms with Crippen LogP contribution in [0.5, 0.6) is 0 Å². The minimum atomic E-state index is -0.0616. The highest BCUT2D eigenvalue weighted by atomic mass is 19.1. The van der Waals surface area contributed by atoms with Crippen molar-refractivity contribution in [1.29, 1.82) is 0 Å². The van der Waals surface area contributed by atoms with Crippen LogP contribution in [0.1, 0.15) is 24.3 Å². The second-order valence-electron chi connectivity index (χ2n) is 2.94. The second-order valence-corrected chi connectivity index (χ2v) is 2.94. The van der Waals surface area contributed by atoms with E-state index >= 15 is 0 Å². The number of benzene rings is 1. The van der Waals surface area contributed by atoms with Crippen molar-refractivity contribution in [2.45, 2.75) is 18.8 Å². The Labute approximate surface area is 66.1 Å². The van der Waals surface area contributed by atoms with Gasteiger partial charge >= 0.3 is 0 Å². The van der Waals surface area contributed by atoms with E-state index in [9.17, 15) is 4.39 Å². The molecule has 1 fully saturated rings. The Hall–Kier alpha value is -0.850. The van der Waals surface area contributed by atoms with Gasteiger partial charge in [-0.05, 0) is 36.8 Å². The molecule has 1 aliphatic carbocycles. The molecule has 1 saturated carbocycles. The summed E-state index contributed by atoms with van der Waals surface area (Å²) in [5.41, 5.74) is 0.860. The van der Waals surface area contributed by atoms with E-state index in [1.807, 2.05) is 12.1 Å². The zero-order valence-electron chi connectivity index (χ0n) is 6.26. The van der Waals surface area contributed by atoms with Gasteiger partial charge in [-0.25, -0.2) is 4.39 Å². The molecule has 0 amide bonds. The zero-order valence-corrected chi connectivity index (χ0v) is 6.26. The number of rotatable bonds is 1. The highest BCUT2D eigenvalue weighted by molar-refractivity contribution is 5.26. The lowest BCUT2D eigenvalue weighted by molar-refractivity contribution is 0.514. The Morgan fingerprint density at radius 2 is 2.00 bits per heavy atom. The molecular weight excluding hydrogens is 139 g/mol. The molecule has 0 aliphatic heterocycles. The number of hydrogen-bond donors (Lipinski definition) is 0. The van der Waals surface area contributed by atoms with Crippen LogP contribution in [0.3, 0.4) is 0 Å². The molecule has 1 aliphatic rings. The van der Waals surface area contributed by atoms with E-state index in [4.69, 9.17) is 0 Å². The predicted molar refractivity (Wildman–Crippen MR) is 42.7 cm³/mol. The summed E-state index contributed by atoms with van der Waals surface area (Å²) in [6, 6.07) is 7.03. The van der Waals surface area contributed by atoms with Gasteiger partial charge in [0.15, 0.2) is 0 Å². The van der Waals surface area contributed by atoms with E-state index in [1.165, 1.54) is 6.07 Å². The first-order chi connectivity index (χ1) is 5.38. The molecule has 0 nitrogen and oxygen atoms in total. The van der Waals surface area contributed by atoms with E-state index < -0.39 is 0 Å². The van der Waals surface area contributed by atoms with E-state index in [1.54, 1.807) is 6.07 Å². The van der Waals surface area contributed by atoms with E-state index in [2.05, 4.69) is 6.42 Å². The summed E-state index contributed by atoms with van der Waals surface area (Å²) in [5, 5.41) is 0. The standard InChI is InChI=1S/C10H10F/c11-10-7-2-1-6-9(10)8-4-3-5-8/h1-2,4,6-8H,3,5H2. The molecule has 1 heteroatoms. The molecule has 57 valence electrons. The Kier molecular flexibility index (Phi) is 1.65. The van der Waals surface area contributed by atoms with Crippen molar-refractivity contribution in [3.63, 3.8) is 0 Å². The molecule has 1 aromatic carbocycles. The predicted octanol–water partition coefficient (Wildman–Crippen LogP) is 2.91. The van der Waals surface area contributed by atoms with Crippen molar-refractivity contribution < 1.29 is 4.39 Å². The largest absolute Gasteiger partial charge is 0.207 e. The summed E-state index contributed by atoms with van der Waals surface area (Å²) in [7, 11) is 0. The van der Waals surface area contributed by atoms with E-state index in [0.717, 1.165) is 18.4 Å². The van der Waals surface area contributed by atoms with Crippen LogP contribution < -0.4 is 0 Å². The molecule has 0 spiro atoms. The minimum absolute atomic E-state index is 0.0616. The van der Waals surface area contributed by atoms with Gasteiger partial charge in [-0.2, -0.15) is 0 Å². The second kappa shape index (κ2) is 2.65. The van der Waals surface area contributed by atoms with Crippen LogP contribution in [0.15, 0.2) is 24.3 Å². The van der Waals surface area contributed by atoms with Crippen molar-refractivity contribution in [3.05, 3.63) is 42.1 Å². The van der Waals surface area contributed by atoms with Crippen LogP contribution in [0.4, 0.5) is 4.39 Å². The van der Waals surface area contributed by atoms with Crippen LogP contribution in [0.2, 0.25) is 0 Å². The van der Waals surface area contributed by atoms with Gasteiger partial charge < -0.3 is 0 Å². The van der Waals surface area contributed by atoms with Gasteiger partial charge in [0.1, 0.15) is 5.82 Å². The Morgan fingerprint density at radius 3 is 2.55 bits per heavy atom. The van der Waals surface area contributed by atoms with E-state index in [-0.39, 0.29) is 5.82 Å². The van der Waals surface area contributed by atoms with Gasteiger partial charge in [-0.15, -0.1) is 0 Å². The van der Waals surface area contributed by atoms with Gasteiger partial charge in [-0.3, -0.25) is 0 Å². The fourth-order valence-corrected chi connectivity index (χ4v) is 1.39. The monoisotopic (exact) mass is 149 g/mol. The van der Waals surface area contributed by atoms with Crippen LogP contribution in [-0.2, 0) is 0 Å². The minimum Gasteiger partial charge on any atom is -0.207 e. The van der Waals surface area contributed by atoms with Gasteiger partial charge in [0.2, 0.25) is 0 Å². The van der Waals surface area contributed by atoms with Crippen LogP contribution >= 0.6 is 0 Å². The first-order valence-electron chi connectivity index (χ1n) is 3.95. The molecule has 11 heavy (non-hydrogen) atoms. The third kappa shape index (κ3) is 1.15. The van der Waals surface area contributed by atoms with E-state index in [0.29, 0.717) is 5.92 Å². The molecule has 0 aromatic heterocycles. The molecule has 1 aromatic rings. The van der Waals surface area contributed by atoms with Crippen LogP contribution in [0.25, 0.3) is 0 Å². The zero-order chi connectivity index (χ0) is 7.68. The Bertz CT molecular complexity index is 251. The smallest absolute Gasteiger partial charge is 0.126 e.